The molecule has 1 amide bonds. The first-order chi connectivity index (χ1) is 23.4. The Bertz CT molecular complexity index is 2010. The van der Waals surface area contributed by atoms with Crippen molar-refractivity contribution in [2.75, 3.05) is 31.2 Å². The fraction of sp³-hybridized carbons (Fsp3) is 0.333. The van der Waals surface area contributed by atoms with Crippen LogP contribution in [0.25, 0.3) is 22.3 Å². The summed E-state index contributed by atoms with van der Waals surface area (Å²) < 4.78 is 15.0. The number of nitrogens with two attached hydrogens (primary N) is 1. The van der Waals surface area contributed by atoms with Crippen LogP contribution in [0.5, 0.6) is 0 Å². The number of carbonyl (C=O) groups is 1. The van der Waals surface area contributed by atoms with E-state index < -0.39 is 11.8 Å². The number of carbonyl (C=O) groups excluding carboxylic acids is 1. The topological polar surface area (TPSA) is 149 Å². The predicted molar refractivity (Wildman–Crippen MR) is 192 cm³/mol. The number of fused-ring (bicyclic) bond motifs is 1. The summed E-state index contributed by atoms with van der Waals surface area (Å²) in [7, 11) is 1.57. The first kappa shape index (κ1) is 34.2. The van der Waals surface area contributed by atoms with Crippen molar-refractivity contribution in [1.82, 2.24) is 24.1 Å². The van der Waals surface area contributed by atoms with Gasteiger partial charge in [0.1, 0.15) is 17.4 Å². The van der Waals surface area contributed by atoms with Crippen molar-refractivity contribution in [3.63, 3.8) is 0 Å². The van der Waals surface area contributed by atoms with Crippen molar-refractivity contribution in [2.45, 2.75) is 58.0 Å². The van der Waals surface area contributed by atoms with E-state index in [4.69, 9.17) is 15.2 Å². The zero-order valence-corrected chi connectivity index (χ0v) is 29.5. The summed E-state index contributed by atoms with van der Waals surface area (Å²) >= 11 is 3.57. The van der Waals surface area contributed by atoms with Crippen LogP contribution in [0.1, 0.15) is 62.7 Å². The number of likely N-dealkylation sites (tertiary alicyclic amines) is 1. The number of nitrogen functional groups attached to an aromatic ring is 1. The van der Waals surface area contributed by atoms with Crippen LogP contribution >= 0.6 is 15.9 Å². The molecule has 256 valence electrons. The summed E-state index contributed by atoms with van der Waals surface area (Å²) in [5, 5.41) is 18.9. The minimum atomic E-state index is -1.29. The molecular formula is C36H40BrN7O5. The van der Waals surface area contributed by atoms with Gasteiger partial charge in [-0.25, -0.2) is 14.3 Å². The van der Waals surface area contributed by atoms with Gasteiger partial charge in [0.05, 0.1) is 17.9 Å². The molecule has 3 aromatic heterocycles. The highest BCUT2D eigenvalue weighted by Gasteiger charge is 2.30. The van der Waals surface area contributed by atoms with Crippen molar-refractivity contribution in [1.29, 1.82) is 0 Å². The fourth-order valence-corrected chi connectivity index (χ4v) is 6.76. The first-order valence-electron chi connectivity index (χ1n) is 16.1. The largest absolute Gasteiger partial charge is 0.444 e. The van der Waals surface area contributed by atoms with Gasteiger partial charge in [-0.2, -0.15) is 5.10 Å². The molecule has 2 aromatic carbocycles. The molecule has 13 heteroatoms. The number of halogens is 1. The molecule has 4 N–H and O–H groups in total. The number of rotatable bonds is 8. The molecule has 0 spiro atoms. The van der Waals surface area contributed by atoms with Crippen molar-refractivity contribution in [2.24, 2.45) is 0 Å². The smallest absolute Gasteiger partial charge is 0.410 e. The van der Waals surface area contributed by atoms with Gasteiger partial charge >= 0.3 is 6.09 Å². The first-order valence-corrected chi connectivity index (χ1v) is 16.9. The molecular weight excluding hydrogens is 690 g/mol. The van der Waals surface area contributed by atoms with E-state index in [0.717, 1.165) is 29.7 Å². The number of aromatic nitrogens is 4. The van der Waals surface area contributed by atoms with E-state index in [1.807, 2.05) is 79.9 Å². The van der Waals surface area contributed by atoms with Crippen LogP contribution in [-0.2, 0) is 16.1 Å². The van der Waals surface area contributed by atoms with Gasteiger partial charge in [-0.15, -0.1) is 0 Å². The number of hydrogen-bond acceptors (Lipinski definition) is 9. The van der Waals surface area contributed by atoms with E-state index in [1.54, 1.807) is 22.6 Å². The Labute approximate surface area is 292 Å². The lowest BCUT2D eigenvalue weighted by molar-refractivity contribution is 0.0203. The lowest BCUT2D eigenvalue weighted by Crippen LogP contribution is -2.41. The number of nitrogens with zero attached hydrogens (tertiary/aromatic N) is 5. The van der Waals surface area contributed by atoms with Crippen LogP contribution in [0, 0.1) is 0 Å². The third kappa shape index (κ3) is 7.19. The number of pyridine rings is 1. The summed E-state index contributed by atoms with van der Waals surface area (Å²) in [6.45, 7) is 6.95. The maximum atomic E-state index is 13.7. The van der Waals surface area contributed by atoms with Gasteiger partial charge < -0.3 is 30.5 Å². The molecule has 1 aliphatic rings. The molecule has 0 aliphatic carbocycles. The number of amides is 1. The molecule has 1 fully saturated rings. The summed E-state index contributed by atoms with van der Waals surface area (Å²) in [5.74, 6) is 0.511. The summed E-state index contributed by atoms with van der Waals surface area (Å²) in [5.41, 5.74) is 11.0. The van der Waals surface area contributed by atoms with Crippen LogP contribution in [0.4, 0.5) is 16.3 Å². The van der Waals surface area contributed by atoms with Crippen LogP contribution in [0.2, 0.25) is 0 Å². The molecule has 0 radical (unpaired) electrons. The van der Waals surface area contributed by atoms with E-state index >= 15 is 0 Å². The second-order valence-corrected chi connectivity index (χ2v) is 13.9. The average molecular weight is 731 g/mol. The number of anilines is 2. The molecule has 5 aromatic rings. The van der Waals surface area contributed by atoms with Crippen molar-refractivity contribution in [3.05, 3.63) is 105 Å². The van der Waals surface area contributed by atoms with E-state index in [0.29, 0.717) is 46.0 Å². The van der Waals surface area contributed by atoms with Gasteiger partial charge in [0.25, 0.3) is 5.56 Å². The number of piperidine rings is 1. The highest BCUT2D eigenvalue weighted by molar-refractivity contribution is 9.10. The molecule has 0 saturated carbocycles. The second-order valence-electron chi connectivity index (χ2n) is 13.1. The highest BCUT2D eigenvalue weighted by Crippen LogP contribution is 2.37. The van der Waals surface area contributed by atoms with E-state index in [2.05, 4.69) is 37.4 Å². The zero-order valence-electron chi connectivity index (χ0n) is 27.9. The third-order valence-electron chi connectivity index (χ3n) is 8.54. The van der Waals surface area contributed by atoms with Crippen molar-refractivity contribution < 1.29 is 19.4 Å². The standard InChI is InChI=1S/C36H40BrN7O5/c1-36(2,3)49-35(47)42-16-14-23(15-17-42)29-19-26(31-32(38)39-21-40-44(29)31)22-10-12-24(13-11-22)41-33(45)27-18-28(37)30(20-48-4)43(34(27)46)25-8-6-5-7-9-25/h5-13,18-19,21,23,33,41,45H,14-17,20H2,1-4H3,(H2,38,39,40). The van der Waals surface area contributed by atoms with Gasteiger partial charge in [-0.3, -0.25) is 9.36 Å². The molecule has 49 heavy (non-hydrogen) atoms. The number of ether oxygens (including phenoxy) is 2. The Kier molecular flexibility index (Phi) is 9.77. The molecule has 1 atom stereocenters. The Morgan fingerprint density at radius 3 is 2.45 bits per heavy atom. The summed E-state index contributed by atoms with van der Waals surface area (Å²) in [6.07, 6.45) is 1.37. The molecule has 1 unspecified atom stereocenters. The Morgan fingerprint density at radius 1 is 1.10 bits per heavy atom. The SMILES string of the molecule is COCc1c(Br)cc(C(O)Nc2ccc(-c3cc(C4CCN(C(=O)OC(C)(C)C)CC4)n4ncnc(N)c34)cc2)c(=O)n1-c1ccccc1. The maximum Gasteiger partial charge on any atom is 0.410 e. The number of methoxy groups -OCH3 is 1. The van der Waals surface area contributed by atoms with Gasteiger partial charge in [-0.1, -0.05) is 30.3 Å². The number of aliphatic hydroxyl groups is 1. The molecule has 12 nitrogen and oxygen atoms in total. The van der Waals surface area contributed by atoms with Gasteiger partial charge in [0, 0.05) is 53.2 Å². The highest BCUT2D eigenvalue weighted by atomic mass is 79.9. The lowest BCUT2D eigenvalue weighted by atomic mass is 9.93. The van der Waals surface area contributed by atoms with Gasteiger partial charge in [0.2, 0.25) is 0 Å². The van der Waals surface area contributed by atoms with Crippen LogP contribution in [0.3, 0.4) is 0 Å². The van der Waals surface area contributed by atoms with Crippen molar-refractivity contribution in [3.8, 4) is 16.8 Å². The van der Waals surface area contributed by atoms with Gasteiger partial charge in [0.15, 0.2) is 12.0 Å². The predicted octanol–water partition coefficient (Wildman–Crippen LogP) is 6.26. The number of hydrogen-bond donors (Lipinski definition) is 3. The van der Waals surface area contributed by atoms with E-state index in [-0.39, 0.29) is 29.7 Å². The summed E-state index contributed by atoms with van der Waals surface area (Å²) in [4.78, 5) is 32.4. The maximum absolute atomic E-state index is 13.7. The quantitative estimate of drug-likeness (QED) is 0.158. The monoisotopic (exact) mass is 729 g/mol. The Morgan fingerprint density at radius 2 is 1.80 bits per heavy atom. The average Bonchev–Trinajstić information content (AvgIpc) is 3.47. The number of aliphatic hydroxyl groups excluding tert-OH is 1. The molecule has 6 rings (SSSR count). The van der Waals surface area contributed by atoms with E-state index in [9.17, 15) is 14.7 Å². The van der Waals surface area contributed by atoms with Crippen LogP contribution in [0.15, 0.2) is 82.3 Å². The summed E-state index contributed by atoms with van der Waals surface area (Å²) in [6, 6.07) is 20.5. The Hall–Kier alpha value is -4.72. The van der Waals surface area contributed by atoms with Gasteiger partial charge in [-0.05, 0) is 91.5 Å². The molecule has 1 saturated heterocycles. The zero-order chi connectivity index (χ0) is 34.9. The number of benzene rings is 2. The third-order valence-corrected chi connectivity index (χ3v) is 9.23. The molecule has 4 heterocycles. The minimum absolute atomic E-state index is 0.153. The van der Waals surface area contributed by atoms with Crippen LogP contribution < -0.4 is 16.6 Å². The molecule has 0 bridgehead atoms. The minimum Gasteiger partial charge on any atom is -0.444 e. The second kappa shape index (κ2) is 14.0. The fourth-order valence-electron chi connectivity index (χ4n) is 6.23. The number of para-hydroxylation sites is 1. The van der Waals surface area contributed by atoms with E-state index in [1.165, 1.54) is 6.33 Å². The normalized spacial score (nSPS) is 14.6. The van der Waals surface area contributed by atoms with Crippen molar-refractivity contribution >= 4 is 39.0 Å². The van der Waals surface area contributed by atoms with Crippen LogP contribution in [-0.4, -0.2) is 61.1 Å². The number of nitrogens with one attached hydrogen (secondary N) is 1. The lowest BCUT2D eigenvalue weighted by Gasteiger charge is -2.33. The molecule has 1 aliphatic heterocycles. The Balaban J connectivity index is 1.24.